The van der Waals surface area contributed by atoms with Crippen molar-refractivity contribution in [2.24, 2.45) is 0 Å². The maximum Gasteiger partial charge on any atom is 0.248 e. The number of hydrogen-bond acceptors (Lipinski definition) is 6. The van der Waals surface area contributed by atoms with Gasteiger partial charge in [-0.05, 0) is 11.1 Å². The fraction of sp³-hybridized carbons (Fsp3) is 0.385. The molecular weight excluding hydrogens is 464 g/mol. The van der Waals surface area contributed by atoms with Crippen molar-refractivity contribution >= 4 is 23.6 Å². The lowest BCUT2D eigenvalue weighted by Gasteiger charge is -2.25. The van der Waals surface area contributed by atoms with E-state index in [1.807, 2.05) is 60.7 Å². The fourth-order valence-corrected chi connectivity index (χ4v) is 3.60. The van der Waals surface area contributed by atoms with E-state index in [2.05, 4.69) is 10.6 Å². The van der Waals surface area contributed by atoms with Gasteiger partial charge in [-0.15, -0.1) is 0 Å². The van der Waals surface area contributed by atoms with Crippen molar-refractivity contribution in [3.8, 4) is 0 Å². The van der Waals surface area contributed by atoms with E-state index in [0.29, 0.717) is 13.1 Å². The van der Waals surface area contributed by atoms with Gasteiger partial charge < -0.3 is 29.9 Å². The maximum atomic E-state index is 12.9. The van der Waals surface area contributed by atoms with Crippen LogP contribution in [-0.2, 0) is 41.7 Å². The molecule has 0 radical (unpaired) electrons. The number of rotatable bonds is 4. The molecule has 0 saturated carbocycles. The normalized spacial score (nSPS) is 17.7. The van der Waals surface area contributed by atoms with Crippen LogP contribution in [0.25, 0.3) is 0 Å². The lowest BCUT2D eigenvalue weighted by Crippen LogP contribution is -2.43. The molecule has 1 aliphatic rings. The number of hydrogen-bond donors (Lipinski definition) is 2. The Hall–Kier alpha value is -3.76. The van der Waals surface area contributed by atoms with Crippen LogP contribution < -0.4 is 10.6 Å². The fourth-order valence-electron chi connectivity index (χ4n) is 3.60. The average molecular weight is 497 g/mol. The first kappa shape index (κ1) is 26.8. The molecule has 0 aromatic heterocycles. The lowest BCUT2D eigenvalue weighted by atomic mass is 10.2. The molecule has 4 amide bonds. The number of ether oxygens (including phenoxy) is 2. The molecule has 36 heavy (non-hydrogen) atoms. The zero-order chi connectivity index (χ0) is 25.6. The zero-order valence-electron chi connectivity index (χ0n) is 20.2. The summed E-state index contributed by atoms with van der Waals surface area (Å²) in [5, 5.41) is 5.37. The molecule has 1 heterocycles. The van der Waals surface area contributed by atoms with Crippen molar-refractivity contribution in [2.75, 3.05) is 52.6 Å². The first-order chi connectivity index (χ1) is 17.5. The highest BCUT2D eigenvalue weighted by atomic mass is 16.5. The molecule has 0 spiro atoms. The highest BCUT2D eigenvalue weighted by molar-refractivity contribution is 5.81. The molecular formula is C26H32N4O6. The quantitative estimate of drug-likeness (QED) is 0.630. The molecule has 2 aromatic carbocycles. The third-order valence-electron chi connectivity index (χ3n) is 5.46. The molecule has 10 nitrogen and oxygen atoms in total. The first-order valence-electron chi connectivity index (χ1n) is 11.8. The second-order valence-electron chi connectivity index (χ2n) is 8.29. The van der Waals surface area contributed by atoms with Crippen molar-refractivity contribution in [3.63, 3.8) is 0 Å². The minimum atomic E-state index is -0.382. The Kier molecular flexibility index (Phi) is 10.9. The van der Waals surface area contributed by atoms with Gasteiger partial charge in [-0.1, -0.05) is 60.7 Å². The smallest absolute Gasteiger partial charge is 0.248 e. The first-order valence-corrected chi connectivity index (χ1v) is 11.8. The average Bonchev–Trinajstić information content (AvgIpc) is 2.88. The Balaban J connectivity index is 1.67. The predicted octanol–water partition coefficient (Wildman–Crippen LogP) is 0.323. The van der Waals surface area contributed by atoms with E-state index >= 15 is 0 Å². The van der Waals surface area contributed by atoms with Crippen molar-refractivity contribution in [1.82, 2.24) is 20.4 Å². The van der Waals surface area contributed by atoms with Crippen LogP contribution in [0.2, 0.25) is 0 Å². The Bertz CT molecular complexity index is 923. The van der Waals surface area contributed by atoms with Crippen LogP contribution >= 0.6 is 0 Å². The van der Waals surface area contributed by atoms with Gasteiger partial charge >= 0.3 is 0 Å². The Morgan fingerprint density at radius 2 is 0.972 bits per heavy atom. The molecule has 3 rings (SSSR count). The van der Waals surface area contributed by atoms with Crippen molar-refractivity contribution in [1.29, 1.82) is 0 Å². The van der Waals surface area contributed by atoms with E-state index in [4.69, 9.17) is 9.47 Å². The van der Waals surface area contributed by atoms with E-state index in [1.54, 1.807) is 9.80 Å². The molecule has 192 valence electrons. The summed E-state index contributed by atoms with van der Waals surface area (Å²) in [5.41, 5.74) is 1.86. The summed E-state index contributed by atoms with van der Waals surface area (Å²) < 4.78 is 10.7. The summed E-state index contributed by atoms with van der Waals surface area (Å²) >= 11 is 0. The molecule has 0 unspecified atom stereocenters. The molecule has 10 heteroatoms. The number of amides is 4. The van der Waals surface area contributed by atoms with E-state index in [9.17, 15) is 19.2 Å². The van der Waals surface area contributed by atoms with Crippen LogP contribution in [-0.4, -0.2) is 86.0 Å². The molecule has 2 N–H and O–H groups in total. The van der Waals surface area contributed by atoms with Gasteiger partial charge in [-0.3, -0.25) is 19.2 Å². The van der Waals surface area contributed by atoms with Gasteiger partial charge in [0.1, 0.15) is 26.4 Å². The molecule has 1 fully saturated rings. The summed E-state index contributed by atoms with van der Waals surface area (Å²) in [6.07, 6.45) is 0. The minimum absolute atomic E-state index is 0.205. The minimum Gasteiger partial charge on any atom is -0.362 e. The lowest BCUT2D eigenvalue weighted by molar-refractivity contribution is -0.143. The number of nitrogens with one attached hydrogen (secondary N) is 2. The second kappa shape index (κ2) is 14.6. The van der Waals surface area contributed by atoms with Gasteiger partial charge in [-0.2, -0.15) is 0 Å². The van der Waals surface area contributed by atoms with Gasteiger partial charge in [-0.25, -0.2) is 0 Å². The molecule has 1 saturated heterocycles. The predicted molar refractivity (Wildman–Crippen MR) is 131 cm³/mol. The summed E-state index contributed by atoms with van der Waals surface area (Å²) in [5.74, 6) is -1.35. The van der Waals surface area contributed by atoms with Crippen LogP contribution in [0, 0.1) is 0 Å². The van der Waals surface area contributed by atoms with E-state index < -0.39 is 0 Å². The third kappa shape index (κ3) is 9.47. The number of carbonyl (C=O) groups excluding carboxylic acids is 4. The third-order valence-corrected chi connectivity index (χ3v) is 5.46. The van der Waals surface area contributed by atoms with Crippen LogP contribution in [0.4, 0.5) is 0 Å². The van der Waals surface area contributed by atoms with E-state index in [0.717, 1.165) is 11.1 Å². The summed E-state index contributed by atoms with van der Waals surface area (Å²) in [4.78, 5) is 53.0. The maximum absolute atomic E-state index is 12.9. The molecule has 0 aliphatic carbocycles. The van der Waals surface area contributed by atoms with Crippen molar-refractivity contribution < 1.29 is 28.7 Å². The Morgan fingerprint density at radius 3 is 1.39 bits per heavy atom. The highest BCUT2D eigenvalue weighted by Gasteiger charge is 2.19. The number of benzene rings is 2. The molecule has 0 atom stereocenters. The van der Waals surface area contributed by atoms with E-state index in [1.165, 1.54) is 0 Å². The van der Waals surface area contributed by atoms with Gasteiger partial charge in [0.25, 0.3) is 0 Å². The summed E-state index contributed by atoms with van der Waals surface area (Å²) in [6, 6.07) is 18.9. The number of carbonyl (C=O) groups is 4. The molecule has 1 aliphatic heterocycles. The summed E-state index contributed by atoms with van der Waals surface area (Å²) in [6.45, 7) is 0.482. The van der Waals surface area contributed by atoms with Crippen molar-refractivity contribution in [2.45, 2.75) is 13.1 Å². The van der Waals surface area contributed by atoms with Gasteiger partial charge in [0, 0.05) is 39.3 Å². The molecule has 0 bridgehead atoms. The topological polar surface area (TPSA) is 117 Å². The van der Waals surface area contributed by atoms with Gasteiger partial charge in [0.2, 0.25) is 23.6 Å². The SMILES string of the molecule is O=C1COCC(=O)NCCN(Cc2ccccc2)C(=O)COCC(=O)N(Cc2ccccc2)CCN1. The Labute approximate surface area is 210 Å². The zero-order valence-corrected chi connectivity index (χ0v) is 20.2. The Morgan fingerprint density at radius 1 is 0.583 bits per heavy atom. The highest BCUT2D eigenvalue weighted by Crippen LogP contribution is 2.07. The second-order valence-corrected chi connectivity index (χ2v) is 8.29. The van der Waals surface area contributed by atoms with Gasteiger partial charge in [0.05, 0.1) is 0 Å². The van der Waals surface area contributed by atoms with Crippen LogP contribution in [0.5, 0.6) is 0 Å². The monoisotopic (exact) mass is 496 g/mol. The number of nitrogens with zero attached hydrogens (tertiary/aromatic N) is 2. The van der Waals surface area contributed by atoms with Gasteiger partial charge in [0.15, 0.2) is 0 Å². The van der Waals surface area contributed by atoms with Crippen LogP contribution in [0.1, 0.15) is 11.1 Å². The van der Waals surface area contributed by atoms with Crippen molar-refractivity contribution in [3.05, 3.63) is 71.8 Å². The summed E-state index contributed by atoms with van der Waals surface area (Å²) in [7, 11) is 0. The largest absolute Gasteiger partial charge is 0.362 e. The van der Waals surface area contributed by atoms with Crippen LogP contribution in [0.3, 0.4) is 0 Å². The molecule has 2 aromatic rings. The van der Waals surface area contributed by atoms with Crippen LogP contribution in [0.15, 0.2) is 60.7 Å². The standard InChI is InChI=1S/C26H32N4O6/c31-23-17-35-18-24(32)28-12-14-30(16-22-9-5-2-6-10-22)26(34)20-36-19-25(33)29(13-11-27-23)15-21-7-3-1-4-8-21/h1-10H,11-20H2,(H,27,31)(H,28,32). The van der Waals surface area contributed by atoms with E-state index in [-0.39, 0.29) is 76.2 Å².